The second-order valence-electron chi connectivity index (χ2n) is 5.31. The zero-order valence-electron chi connectivity index (χ0n) is 13.0. The van der Waals surface area contributed by atoms with Crippen molar-refractivity contribution in [3.05, 3.63) is 12.3 Å². The van der Waals surface area contributed by atoms with Crippen molar-refractivity contribution in [2.24, 2.45) is 0 Å². The molecule has 1 heterocycles. The van der Waals surface area contributed by atoms with Crippen LogP contribution in [0.1, 0.15) is 45.4 Å². The lowest BCUT2D eigenvalue weighted by molar-refractivity contribution is -0.132. The predicted molar refractivity (Wildman–Crippen MR) is 83.7 cm³/mol. The van der Waals surface area contributed by atoms with Crippen LogP contribution in [-0.2, 0) is 11.3 Å². The van der Waals surface area contributed by atoms with Crippen LogP contribution in [0.15, 0.2) is 12.3 Å². The van der Waals surface area contributed by atoms with E-state index in [1.807, 2.05) is 4.90 Å². The van der Waals surface area contributed by atoms with E-state index in [0.29, 0.717) is 18.8 Å². The van der Waals surface area contributed by atoms with E-state index >= 15 is 0 Å². The van der Waals surface area contributed by atoms with Gasteiger partial charge in [-0.05, 0) is 18.9 Å². The Morgan fingerprint density at radius 2 is 2.00 bits per heavy atom. The Morgan fingerprint density at radius 3 is 2.62 bits per heavy atom. The number of nitrogens with two attached hydrogens (primary N) is 1. The van der Waals surface area contributed by atoms with Crippen molar-refractivity contribution in [2.45, 2.75) is 52.0 Å². The fraction of sp³-hybridized carbons (Fsp3) is 0.733. The van der Waals surface area contributed by atoms with E-state index in [-0.39, 0.29) is 19.1 Å². The van der Waals surface area contributed by atoms with Crippen molar-refractivity contribution in [1.82, 2.24) is 14.7 Å². The van der Waals surface area contributed by atoms with E-state index in [1.165, 1.54) is 19.3 Å². The summed E-state index contributed by atoms with van der Waals surface area (Å²) >= 11 is 0. The highest BCUT2D eigenvalue weighted by atomic mass is 16.3. The summed E-state index contributed by atoms with van der Waals surface area (Å²) in [5.41, 5.74) is 5.55. The summed E-state index contributed by atoms with van der Waals surface area (Å²) in [5.74, 6) is 0.450. The Kier molecular flexibility index (Phi) is 8.50. The number of carbonyl (C=O) groups is 1. The van der Waals surface area contributed by atoms with Crippen LogP contribution in [-0.4, -0.2) is 45.4 Å². The number of unbranched alkanes of at least 4 members (excludes halogenated alkanes) is 4. The van der Waals surface area contributed by atoms with Crippen molar-refractivity contribution in [2.75, 3.05) is 25.4 Å². The van der Waals surface area contributed by atoms with Gasteiger partial charge >= 0.3 is 0 Å². The van der Waals surface area contributed by atoms with E-state index in [9.17, 15) is 4.79 Å². The van der Waals surface area contributed by atoms with Gasteiger partial charge in [0.2, 0.25) is 5.91 Å². The Labute approximate surface area is 126 Å². The molecule has 120 valence electrons. The molecule has 21 heavy (non-hydrogen) atoms. The largest absolute Gasteiger partial charge is 0.396 e. The third-order valence-corrected chi connectivity index (χ3v) is 3.43. The highest BCUT2D eigenvalue weighted by Crippen LogP contribution is 2.06. The monoisotopic (exact) mass is 296 g/mol. The second kappa shape index (κ2) is 10.2. The van der Waals surface area contributed by atoms with Crippen LogP contribution in [0, 0.1) is 0 Å². The van der Waals surface area contributed by atoms with E-state index in [2.05, 4.69) is 12.0 Å². The first-order chi connectivity index (χ1) is 10.2. The van der Waals surface area contributed by atoms with Gasteiger partial charge in [-0.3, -0.25) is 9.48 Å². The van der Waals surface area contributed by atoms with Crippen LogP contribution < -0.4 is 5.73 Å². The van der Waals surface area contributed by atoms with Gasteiger partial charge in [0.05, 0.1) is 0 Å². The number of amides is 1. The number of nitrogen functional groups attached to an aromatic ring is 1. The molecule has 0 radical (unpaired) electrons. The smallest absolute Gasteiger partial charge is 0.244 e. The van der Waals surface area contributed by atoms with Crippen LogP contribution in [0.2, 0.25) is 0 Å². The molecule has 3 N–H and O–H groups in total. The van der Waals surface area contributed by atoms with Crippen LogP contribution in [0.4, 0.5) is 5.82 Å². The minimum atomic E-state index is 0.0297. The lowest BCUT2D eigenvalue weighted by atomic mass is 10.1. The number of anilines is 1. The molecule has 1 aromatic rings. The third kappa shape index (κ3) is 7.13. The average Bonchev–Trinajstić information content (AvgIpc) is 2.87. The molecule has 0 fully saturated rings. The van der Waals surface area contributed by atoms with Crippen molar-refractivity contribution < 1.29 is 9.90 Å². The number of aromatic nitrogens is 2. The van der Waals surface area contributed by atoms with Crippen molar-refractivity contribution in [1.29, 1.82) is 0 Å². The Morgan fingerprint density at radius 1 is 1.29 bits per heavy atom. The predicted octanol–water partition coefficient (Wildman–Crippen LogP) is 1.65. The van der Waals surface area contributed by atoms with E-state index < -0.39 is 0 Å². The molecule has 1 amide bonds. The molecule has 6 heteroatoms. The lowest BCUT2D eigenvalue weighted by Gasteiger charge is -2.22. The van der Waals surface area contributed by atoms with Crippen molar-refractivity contribution in [3.63, 3.8) is 0 Å². The second-order valence-corrected chi connectivity index (χ2v) is 5.31. The van der Waals surface area contributed by atoms with Gasteiger partial charge in [-0.25, -0.2) is 0 Å². The summed E-state index contributed by atoms with van der Waals surface area (Å²) in [5, 5.41) is 13.0. The van der Waals surface area contributed by atoms with Crippen molar-refractivity contribution in [3.8, 4) is 0 Å². The molecule has 0 spiro atoms. The SMILES string of the molecule is CCCCCCCN(CCCO)C(=O)Cn1ccc(N)n1. The number of aliphatic hydroxyl groups is 1. The normalized spacial score (nSPS) is 10.8. The number of nitrogens with zero attached hydrogens (tertiary/aromatic N) is 3. The van der Waals surface area contributed by atoms with Gasteiger partial charge in [0, 0.05) is 25.9 Å². The van der Waals surface area contributed by atoms with E-state index in [1.54, 1.807) is 16.9 Å². The first-order valence-electron chi connectivity index (χ1n) is 7.85. The standard InChI is InChI=1S/C15H28N4O2/c1-2-3-4-5-6-9-18(10-7-12-20)15(21)13-19-11-8-14(16)17-19/h8,11,20H,2-7,9-10,12-13H2,1H3,(H2,16,17). The van der Waals surface area contributed by atoms with Gasteiger partial charge in [-0.2, -0.15) is 5.10 Å². The fourth-order valence-electron chi connectivity index (χ4n) is 2.23. The number of hydrogen-bond donors (Lipinski definition) is 2. The minimum absolute atomic E-state index is 0.0297. The Bertz CT molecular complexity index is 406. The average molecular weight is 296 g/mol. The third-order valence-electron chi connectivity index (χ3n) is 3.43. The summed E-state index contributed by atoms with van der Waals surface area (Å²) in [6.07, 6.45) is 8.16. The van der Waals surface area contributed by atoms with Gasteiger partial charge in [-0.1, -0.05) is 32.6 Å². The molecule has 1 rings (SSSR count). The number of rotatable bonds is 11. The summed E-state index contributed by atoms with van der Waals surface area (Å²) in [6, 6.07) is 1.68. The van der Waals surface area contributed by atoms with Crippen LogP contribution in [0.5, 0.6) is 0 Å². The lowest BCUT2D eigenvalue weighted by Crippen LogP contribution is -2.36. The van der Waals surface area contributed by atoms with Gasteiger partial charge in [-0.15, -0.1) is 0 Å². The molecule has 6 nitrogen and oxygen atoms in total. The zero-order chi connectivity index (χ0) is 15.5. The highest BCUT2D eigenvalue weighted by Gasteiger charge is 2.13. The van der Waals surface area contributed by atoms with Gasteiger partial charge < -0.3 is 15.7 Å². The zero-order valence-corrected chi connectivity index (χ0v) is 13.0. The van der Waals surface area contributed by atoms with E-state index in [0.717, 1.165) is 19.4 Å². The summed E-state index contributed by atoms with van der Waals surface area (Å²) in [7, 11) is 0. The molecule has 0 aliphatic rings. The molecule has 0 saturated carbocycles. The maximum atomic E-state index is 12.3. The molecule has 1 aromatic heterocycles. The number of hydrogen-bond acceptors (Lipinski definition) is 4. The summed E-state index contributed by atoms with van der Waals surface area (Å²) in [4.78, 5) is 14.1. The molecular formula is C15H28N4O2. The van der Waals surface area contributed by atoms with Gasteiger partial charge in [0.25, 0.3) is 0 Å². The molecule has 0 saturated heterocycles. The summed E-state index contributed by atoms with van der Waals surface area (Å²) < 4.78 is 1.56. The number of aliphatic hydroxyl groups excluding tert-OH is 1. The first kappa shape index (κ1) is 17.5. The molecule has 0 unspecified atom stereocenters. The number of carbonyl (C=O) groups excluding carboxylic acids is 1. The maximum absolute atomic E-state index is 12.3. The summed E-state index contributed by atoms with van der Waals surface area (Å²) in [6.45, 7) is 3.85. The quantitative estimate of drug-likeness (QED) is 0.608. The molecule has 0 bridgehead atoms. The molecule has 0 aliphatic carbocycles. The van der Waals surface area contributed by atoms with Gasteiger partial charge in [0.15, 0.2) is 0 Å². The molecular weight excluding hydrogens is 268 g/mol. The topological polar surface area (TPSA) is 84.4 Å². The fourth-order valence-corrected chi connectivity index (χ4v) is 2.23. The molecule has 0 aromatic carbocycles. The van der Waals surface area contributed by atoms with Crippen LogP contribution in [0.25, 0.3) is 0 Å². The van der Waals surface area contributed by atoms with Crippen LogP contribution >= 0.6 is 0 Å². The maximum Gasteiger partial charge on any atom is 0.244 e. The Balaban J connectivity index is 2.41. The van der Waals surface area contributed by atoms with Crippen molar-refractivity contribution >= 4 is 11.7 Å². The molecule has 0 atom stereocenters. The van der Waals surface area contributed by atoms with E-state index in [4.69, 9.17) is 10.8 Å². The Hall–Kier alpha value is -1.56. The molecule has 0 aliphatic heterocycles. The van der Waals surface area contributed by atoms with Gasteiger partial charge in [0.1, 0.15) is 12.4 Å². The highest BCUT2D eigenvalue weighted by molar-refractivity contribution is 5.75. The van der Waals surface area contributed by atoms with Crippen LogP contribution in [0.3, 0.4) is 0 Å². The first-order valence-corrected chi connectivity index (χ1v) is 7.85. The minimum Gasteiger partial charge on any atom is -0.396 e.